The minimum absolute atomic E-state index is 0.668. The summed E-state index contributed by atoms with van der Waals surface area (Å²) in [6.45, 7) is 2.33. The van der Waals surface area contributed by atoms with Crippen LogP contribution >= 0.6 is 0 Å². The topological polar surface area (TPSA) is 0 Å². The first-order valence-electron chi connectivity index (χ1n) is 3.47. The van der Waals surface area contributed by atoms with Crippen LogP contribution in [0.4, 0.5) is 0 Å². The van der Waals surface area contributed by atoms with Gasteiger partial charge in [0.1, 0.15) is 0 Å². The molecule has 0 bridgehead atoms. The molecule has 0 unspecified atom stereocenters. The fraction of sp³-hybridized carbons (Fsp3) is 1.00. The molecule has 1 aliphatic heterocycles. The number of hydrogen-bond donors (Lipinski definition) is 0. The molecule has 50 valence electrons. The van der Waals surface area contributed by atoms with Crippen LogP contribution < -0.4 is 21.2 Å². The second kappa shape index (κ2) is 3.70. The van der Waals surface area contributed by atoms with Crippen LogP contribution in [-0.4, -0.2) is 8.86 Å². The zero-order valence-electron chi connectivity index (χ0n) is 5.49. The average Bonchev–Trinajstić information content (AvgIpc) is 1.90. The van der Waals surface area contributed by atoms with Crippen molar-refractivity contribution >= 4 is 0 Å². The number of halogens is 1. The molecule has 0 saturated carbocycles. The van der Waals surface area contributed by atoms with Gasteiger partial charge < -0.3 is 0 Å². The zero-order valence-corrected chi connectivity index (χ0v) is 7.65. The van der Waals surface area contributed by atoms with Gasteiger partial charge in [-0.15, -0.1) is 0 Å². The molecule has 0 aromatic carbocycles. The summed E-state index contributed by atoms with van der Waals surface area (Å²) in [4.78, 5) is 0. The second-order valence-corrected chi connectivity index (χ2v) is 5.49. The third-order valence-electron chi connectivity index (χ3n) is 1.78. The van der Waals surface area contributed by atoms with E-state index in [0.29, 0.717) is 21.2 Å². The fourth-order valence-corrected chi connectivity index (χ4v) is 4.45. The van der Waals surface area contributed by atoms with E-state index in [2.05, 4.69) is 6.92 Å². The Hall–Kier alpha value is 0.730. The molecule has 1 atom stereocenters. The number of hydrogen-bond acceptors (Lipinski definition) is 0. The summed E-state index contributed by atoms with van der Waals surface area (Å²) in [6.07, 6.45) is 4.53. The fourth-order valence-electron chi connectivity index (χ4n) is 1.08. The van der Waals surface area contributed by atoms with Crippen LogP contribution in [-0.2, 0) is 0 Å². The van der Waals surface area contributed by atoms with Crippen LogP contribution in [0.1, 0.15) is 26.2 Å². The Labute approximate surface area is 62.3 Å². The normalized spacial score (nSPS) is 31.4. The van der Waals surface area contributed by atoms with Crippen molar-refractivity contribution in [3.63, 3.8) is 0 Å². The molecular weight excluding hydrogens is 211 g/mol. The van der Waals surface area contributed by atoms with Gasteiger partial charge in [0.25, 0.3) is 0 Å². The molecule has 1 heteroatoms. The van der Waals surface area contributed by atoms with E-state index in [1.165, 1.54) is 12.8 Å². The SMILES string of the molecule is CC[C@H]1CCC[I-]C1. The Morgan fingerprint density at radius 1 is 1.62 bits per heavy atom. The molecule has 0 N–H and O–H groups in total. The molecular formula is C7H14I-. The number of rotatable bonds is 1. The van der Waals surface area contributed by atoms with Gasteiger partial charge in [-0.25, -0.2) is 0 Å². The maximum atomic E-state index is 2.33. The quantitative estimate of drug-likeness (QED) is 0.392. The molecule has 1 heterocycles. The maximum absolute atomic E-state index is 2.33. The van der Waals surface area contributed by atoms with Gasteiger partial charge in [0.2, 0.25) is 0 Å². The predicted molar refractivity (Wildman–Crippen MR) is 32.7 cm³/mol. The molecule has 0 amide bonds. The van der Waals surface area contributed by atoms with Crippen molar-refractivity contribution in [2.45, 2.75) is 26.2 Å². The Bertz CT molecular complexity index is 55.4. The van der Waals surface area contributed by atoms with Crippen LogP contribution in [0.5, 0.6) is 0 Å². The van der Waals surface area contributed by atoms with Crippen LogP contribution in [0.2, 0.25) is 0 Å². The van der Waals surface area contributed by atoms with Gasteiger partial charge in [-0.1, -0.05) is 0 Å². The predicted octanol–water partition coefficient (Wildman–Crippen LogP) is -1.10. The van der Waals surface area contributed by atoms with Crippen LogP contribution in [0.15, 0.2) is 0 Å². The van der Waals surface area contributed by atoms with Crippen molar-refractivity contribution in [1.82, 2.24) is 0 Å². The molecule has 8 heavy (non-hydrogen) atoms. The van der Waals surface area contributed by atoms with E-state index in [-0.39, 0.29) is 0 Å². The Balaban J connectivity index is 2.13. The van der Waals surface area contributed by atoms with E-state index in [1.807, 2.05) is 0 Å². The first kappa shape index (κ1) is 6.84. The third-order valence-corrected chi connectivity index (χ3v) is 5.18. The van der Waals surface area contributed by atoms with Crippen molar-refractivity contribution in [1.29, 1.82) is 0 Å². The van der Waals surface area contributed by atoms with Gasteiger partial charge in [0, 0.05) is 0 Å². The molecule has 0 aromatic heterocycles. The van der Waals surface area contributed by atoms with Gasteiger partial charge in [-0.2, -0.15) is 0 Å². The van der Waals surface area contributed by atoms with Crippen molar-refractivity contribution in [2.75, 3.05) is 8.86 Å². The average molecular weight is 225 g/mol. The summed E-state index contributed by atoms with van der Waals surface area (Å²) in [7, 11) is 0. The third kappa shape index (κ3) is 1.92. The van der Waals surface area contributed by atoms with Crippen molar-refractivity contribution in [3.8, 4) is 0 Å². The van der Waals surface area contributed by atoms with Gasteiger partial charge in [0.05, 0.1) is 0 Å². The Kier molecular flexibility index (Phi) is 3.16. The molecule has 0 aliphatic carbocycles. The number of alkyl halides is 2. The minimum atomic E-state index is 0.668. The van der Waals surface area contributed by atoms with Crippen LogP contribution in [0, 0.1) is 5.92 Å². The van der Waals surface area contributed by atoms with Crippen LogP contribution in [0.3, 0.4) is 0 Å². The monoisotopic (exact) mass is 225 g/mol. The molecule has 0 spiro atoms. The standard InChI is InChI=1S/C7H14I/c1-2-7-4-3-5-8-6-7/h7H,2-6H2,1H3/q-1/t7-/m0/s1. The Morgan fingerprint density at radius 3 is 2.88 bits per heavy atom. The van der Waals surface area contributed by atoms with E-state index in [1.54, 1.807) is 15.3 Å². The Morgan fingerprint density at radius 2 is 2.50 bits per heavy atom. The van der Waals surface area contributed by atoms with Gasteiger partial charge >= 0.3 is 62.2 Å². The summed E-state index contributed by atoms with van der Waals surface area (Å²) in [5, 5.41) is 0. The van der Waals surface area contributed by atoms with Gasteiger partial charge in [-0.3, -0.25) is 0 Å². The van der Waals surface area contributed by atoms with E-state index in [4.69, 9.17) is 0 Å². The van der Waals surface area contributed by atoms with Gasteiger partial charge in [0.15, 0.2) is 0 Å². The summed E-state index contributed by atoms with van der Waals surface area (Å²) in [6, 6.07) is 0. The van der Waals surface area contributed by atoms with Crippen molar-refractivity contribution in [3.05, 3.63) is 0 Å². The van der Waals surface area contributed by atoms with E-state index in [0.717, 1.165) is 5.92 Å². The molecule has 0 nitrogen and oxygen atoms in total. The van der Waals surface area contributed by atoms with E-state index >= 15 is 0 Å². The first-order valence-corrected chi connectivity index (χ1v) is 6.52. The van der Waals surface area contributed by atoms with Crippen molar-refractivity contribution in [2.24, 2.45) is 5.92 Å². The molecule has 0 aromatic rings. The summed E-state index contributed by atoms with van der Waals surface area (Å²) < 4.78 is 3.23. The summed E-state index contributed by atoms with van der Waals surface area (Å²) >= 11 is 0.668. The molecule has 0 radical (unpaired) electrons. The summed E-state index contributed by atoms with van der Waals surface area (Å²) in [5.41, 5.74) is 0. The molecule has 1 fully saturated rings. The second-order valence-electron chi connectivity index (χ2n) is 2.45. The van der Waals surface area contributed by atoms with Gasteiger partial charge in [-0.05, 0) is 0 Å². The van der Waals surface area contributed by atoms with E-state index < -0.39 is 0 Å². The van der Waals surface area contributed by atoms with Crippen molar-refractivity contribution < 1.29 is 21.2 Å². The molecule has 1 saturated heterocycles. The zero-order chi connectivity index (χ0) is 5.82. The van der Waals surface area contributed by atoms with Crippen LogP contribution in [0.25, 0.3) is 0 Å². The van der Waals surface area contributed by atoms with E-state index in [9.17, 15) is 0 Å². The molecule has 1 rings (SSSR count). The first-order chi connectivity index (χ1) is 3.93. The molecule has 1 aliphatic rings. The summed E-state index contributed by atoms with van der Waals surface area (Å²) in [5.74, 6) is 1.14.